The van der Waals surface area contributed by atoms with Gasteiger partial charge in [0.05, 0.1) is 6.04 Å². The van der Waals surface area contributed by atoms with Crippen molar-refractivity contribution in [2.75, 3.05) is 0 Å². The fraction of sp³-hybridized carbons (Fsp3) is 0.889. The highest BCUT2D eigenvalue weighted by atomic mass is 16.2. The third kappa shape index (κ3) is 9.65. The summed E-state index contributed by atoms with van der Waals surface area (Å²) in [5.74, 6) is 0.588. The largest absolute Gasteiger partial charge is 0.346 e. The smallest absolute Gasteiger partial charge is 0.223 e. The van der Waals surface area contributed by atoms with Gasteiger partial charge in [0.15, 0.2) is 5.78 Å². The predicted molar refractivity (Wildman–Crippen MR) is 89.2 cm³/mol. The minimum atomic E-state index is -0.284. The third-order valence-corrected chi connectivity index (χ3v) is 3.85. The second kappa shape index (κ2) is 11.8. The number of unbranched alkanes of at least 4 members (excludes halogenated alkanes) is 3. The van der Waals surface area contributed by atoms with Gasteiger partial charge < -0.3 is 5.32 Å². The van der Waals surface area contributed by atoms with Crippen LogP contribution in [0.5, 0.6) is 0 Å². The summed E-state index contributed by atoms with van der Waals surface area (Å²) in [5, 5.41) is 3.00. The Balaban J connectivity index is 4.42. The van der Waals surface area contributed by atoms with Crippen LogP contribution >= 0.6 is 0 Å². The van der Waals surface area contributed by atoms with Crippen LogP contribution in [0.1, 0.15) is 86.0 Å². The van der Waals surface area contributed by atoms with Crippen molar-refractivity contribution in [3.8, 4) is 0 Å². The maximum Gasteiger partial charge on any atom is 0.223 e. The Bertz CT molecular complexity index is 300. The van der Waals surface area contributed by atoms with E-state index in [0.29, 0.717) is 12.3 Å². The number of amides is 1. The van der Waals surface area contributed by atoms with E-state index in [2.05, 4.69) is 19.2 Å². The number of hydrogen-bond donors (Lipinski definition) is 1. The molecule has 21 heavy (non-hydrogen) atoms. The number of Topliss-reactive ketones (excluding diaryl/α,β-unsaturated/α-hetero) is 1. The molecule has 0 aromatic carbocycles. The summed E-state index contributed by atoms with van der Waals surface area (Å²) in [7, 11) is 0. The Morgan fingerprint density at radius 1 is 0.905 bits per heavy atom. The molecule has 124 valence electrons. The minimum absolute atomic E-state index is 0.00697. The molecule has 0 aliphatic heterocycles. The number of nitrogens with one attached hydrogen (secondary N) is 1. The number of carbonyl (C=O) groups excluding carboxylic acids is 2. The van der Waals surface area contributed by atoms with Crippen molar-refractivity contribution in [3.63, 3.8) is 0 Å². The van der Waals surface area contributed by atoms with Crippen LogP contribution in [-0.2, 0) is 9.59 Å². The molecule has 1 N–H and O–H groups in total. The average molecular weight is 297 g/mol. The summed E-state index contributed by atoms with van der Waals surface area (Å²) in [4.78, 5) is 24.5. The van der Waals surface area contributed by atoms with Crippen molar-refractivity contribution < 1.29 is 9.59 Å². The molecule has 0 spiro atoms. The molecule has 0 radical (unpaired) electrons. The summed E-state index contributed by atoms with van der Waals surface area (Å²) in [6.07, 6.45) is 7.70. The Morgan fingerprint density at radius 2 is 1.52 bits per heavy atom. The molecule has 3 heteroatoms. The molecule has 0 saturated carbocycles. The fourth-order valence-corrected chi connectivity index (χ4v) is 2.41. The van der Waals surface area contributed by atoms with Gasteiger partial charge in [0, 0.05) is 12.3 Å². The van der Waals surface area contributed by atoms with Crippen molar-refractivity contribution in [2.45, 2.75) is 92.0 Å². The maximum absolute atomic E-state index is 12.3. The summed E-state index contributed by atoms with van der Waals surface area (Å²) in [6.45, 7) is 10.3. The van der Waals surface area contributed by atoms with Crippen molar-refractivity contribution >= 4 is 11.7 Å². The molecule has 0 rings (SSSR count). The zero-order chi connectivity index (χ0) is 16.3. The topological polar surface area (TPSA) is 46.2 Å². The molecule has 0 fully saturated rings. The molecule has 0 bridgehead atoms. The molecule has 1 amide bonds. The quantitative estimate of drug-likeness (QED) is 0.539. The predicted octanol–water partition coefficient (Wildman–Crippen LogP) is 4.49. The molecule has 3 nitrogen and oxygen atoms in total. The van der Waals surface area contributed by atoms with Crippen molar-refractivity contribution in [1.82, 2.24) is 5.32 Å². The van der Waals surface area contributed by atoms with Gasteiger partial charge in [-0.3, -0.25) is 9.59 Å². The monoisotopic (exact) mass is 297 g/mol. The second-order valence-electron chi connectivity index (χ2n) is 6.66. The van der Waals surface area contributed by atoms with Crippen molar-refractivity contribution in [2.24, 2.45) is 11.8 Å². The minimum Gasteiger partial charge on any atom is -0.346 e. The van der Waals surface area contributed by atoms with Crippen LogP contribution in [0.3, 0.4) is 0 Å². The third-order valence-electron chi connectivity index (χ3n) is 3.85. The summed E-state index contributed by atoms with van der Waals surface area (Å²) in [6, 6.07) is -0.284. The SMILES string of the molecule is CCCCCC(C)C(=O)NC(CCCC)C(=O)CC(C)C. The molecule has 0 aromatic rings. The molecule has 2 atom stereocenters. The Morgan fingerprint density at radius 3 is 2.05 bits per heavy atom. The molecule has 0 aromatic heterocycles. The van der Waals surface area contributed by atoms with E-state index in [1.54, 1.807) is 0 Å². The summed E-state index contributed by atoms with van der Waals surface area (Å²) < 4.78 is 0. The first-order valence-corrected chi connectivity index (χ1v) is 8.75. The van der Waals surface area contributed by atoms with Crippen molar-refractivity contribution in [3.05, 3.63) is 0 Å². The van der Waals surface area contributed by atoms with Gasteiger partial charge in [-0.1, -0.05) is 66.7 Å². The first-order valence-electron chi connectivity index (χ1n) is 8.75. The van der Waals surface area contributed by atoms with Crippen LogP contribution in [0.15, 0.2) is 0 Å². The normalized spacial score (nSPS) is 14.0. The molecule has 2 unspecified atom stereocenters. The first kappa shape index (κ1) is 20.1. The Kier molecular flexibility index (Phi) is 11.3. The van der Waals surface area contributed by atoms with Crippen LogP contribution in [0.2, 0.25) is 0 Å². The standard InChI is InChI=1S/C18H35NO2/c1-6-8-10-11-15(5)18(21)19-16(12-9-7-2)17(20)13-14(3)4/h14-16H,6-13H2,1-5H3,(H,19,21). The van der Waals surface area contributed by atoms with Crippen LogP contribution in [0.25, 0.3) is 0 Å². The Hall–Kier alpha value is -0.860. The molecular formula is C18H35NO2. The van der Waals surface area contributed by atoms with Gasteiger partial charge in [-0.05, 0) is 18.8 Å². The van der Waals surface area contributed by atoms with E-state index in [9.17, 15) is 9.59 Å². The number of hydrogen-bond acceptors (Lipinski definition) is 2. The van der Waals surface area contributed by atoms with Crippen LogP contribution in [0.4, 0.5) is 0 Å². The van der Waals surface area contributed by atoms with Crippen LogP contribution in [-0.4, -0.2) is 17.7 Å². The number of rotatable bonds is 12. The van der Waals surface area contributed by atoms with Gasteiger partial charge in [-0.15, -0.1) is 0 Å². The highest BCUT2D eigenvalue weighted by Crippen LogP contribution is 2.13. The second-order valence-corrected chi connectivity index (χ2v) is 6.66. The summed E-state index contributed by atoms with van der Waals surface area (Å²) in [5.41, 5.74) is 0. The van der Waals surface area contributed by atoms with E-state index >= 15 is 0 Å². The van der Waals surface area contributed by atoms with Gasteiger partial charge in [-0.25, -0.2) is 0 Å². The lowest BCUT2D eigenvalue weighted by Crippen LogP contribution is -2.43. The molecule has 0 aliphatic rings. The number of carbonyl (C=O) groups is 2. The van der Waals surface area contributed by atoms with E-state index in [-0.39, 0.29) is 23.7 Å². The highest BCUT2D eigenvalue weighted by Gasteiger charge is 2.23. The van der Waals surface area contributed by atoms with Gasteiger partial charge >= 0.3 is 0 Å². The molecule has 0 aliphatic carbocycles. The van der Waals surface area contributed by atoms with E-state index in [0.717, 1.165) is 32.1 Å². The maximum atomic E-state index is 12.3. The van der Waals surface area contributed by atoms with Crippen molar-refractivity contribution in [1.29, 1.82) is 0 Å². The summed E-state index contributed by atoms with van der Waals surface area (Å²) >= 11 is 0. The lowest BCUT2D eigenvalue weighted by molar-refractivity contribution is -0.130. The van der Waals surface area contributed by atoms with Gasteiger partial charge in [0.25, 0.3) is 0 Å². The van der Waals surface area contributed by atoms with E-state index in [4.69, 9.17) is 0 Å². The molecule has 0 heterocycles. The van der Waals surface area contributed by atoms with Crippen LogP contribution in [0, 0.1) is 11.8 Å². The highest BCUT2D eigenvalue weighted by molar-refractivity contribution is 5.89. The zero-order valence-corrected chi connectivity index (χ0v) is 14.7. The van der Waals surface area contributed by atoms with Gasteiger partial charge in [-0.2, -0.15) is 0 Å². The lowest BCUT2D eigenvalue weighted by Gasteiger charge is -2.21. The Labute approximate surface area is 131 Å². The van der Waals surface area contributed by atoms with E-state index < -0.39 is 0 Å². The lowest BCUT2D eigenvalue weighted by atomic mass is 9.96. The molecular weight excluding hydrogens is 262 g/mol. The molecule has 0 saturated heterocycles. The first-order chi connectivity index (χ1) is 9.92. The fourth-order valence-electron chi connectivity index (χ4n) is 2.41. The average Bonchev–Trinajstić information content (AvgIpc) is 2.42. The number of ketones is 1. The van der Waals surface area contributed by atoms with Gasteiger partial charge in [0.1, 0.15) is 0 Å². The van der Waals surface area contributed by atoms with Crippen LogP contribution < -0.4 is 5.32 Å². The zero-order valence-electron chi connectivity index (χ0n) is 14.7. The van der Waals surface area contributed by atoms with E-state index in [1.165, 1.54) is 12.8 Å². The van der Waals surface area contributed by atoms with Gasteiger partial charge in [0.2, 0.25) is 5.91 Å². The van der Waals surface area contributed by atoms with E-state index in [1.807, 2.05) is 20.8 Å².